The maximum absolute atomic E-state index is 13.7. The first-order valence-electron chi connectivity index (χ1n) is 12.1. The fourth-order valence-electron chi connectivity index (χ4n) is 5.89. The number of aromatic nitrogens is 2. The topological polar surface area (TPSA) is 75.4 Å². The number of fused-ring (bicyclic) bond motifs is 5. The summed E-state index contributed by atoms with van der Waals surface area (Å²) in [5, 5.41) is 12.4. The lowest BCUT2D eigenvalue weighted by molar-refractivity contribution is -0.140. The summed E-state index contributed by atoms with van der Waals surface area (Å²) in [6.07, 6.45) is 0.821. The Hall–Kier alpha value is -2.83. The molecule has 0 spiro atoms. The molecule has 1 aromatic carbocycles. The van der Waals surface area contributed by atoms with E-state index in [1.807, 2.05) is 6.07 Å². The lowest BCUT2D eigenvalue weighted by atomic mass is 9.77. The molecule has 1 aliphatic heterocycles. The van der Waals surface area contributed by atoms with Crippen LogP contribution in [0.2, 0.25) is 0 Å². The van der Waals surface area contributed by atoms with Gasteiger partial charge in [0.15, 0.2) is 5.78 Å². The minimum absolute atomic E-state index is 0.109. The van der Waals surface area contributed by atoms with Gasteiger partial charge < -0.3 is 14.6 Å². The average molecular weight is 460 g/mol. The summed E-state index contributed by atoms with van der Waals surface area (Å²) in [6.45, 7) is 10.8. The van der Waals surface area contributed by atoms with E-state index in [-0.39, 0.29) is 30.2 Å². The van der Waals surface area contributed by atoms with Gasteiger partial charge in [-0.2, -0.15) is 0 Å². The molecular formula is C28H33N3O3. The molecular weight excluding hydrogens is 426 g/mol. The van der Waals surface area contributed by atoms with E-state index in [9.17, 15) is 14.7 Å². The fraction of sp³-hybridized carbons (Fsp3) is 0.464. The predicted octanol–water partition coefficient (Wildman–Crippen LogP) is 4.09. The van der Waals surface area contributed by atoms with Crippen LogP contribution in [0.4, 0.5) is 0 Å². The predicted molar refractivity (Wildman–Crippen MR) is 134 cm³/mol. The summed E-state index contributed by atoms with van der Waals surface area (Å²) in [4.78, 5) is 33.7. The molecule has 34 heavy (non-hydrogen) atoms. The van der Waals surface area contributed by atoms with Crippen LogP contribution in [0.5, 0.6) is 0 Å². The molecule has 1 aliphatic carbocycles. The van der Waals surface area contributed by atoms with Crippen molar-refractivity contribution in [2.45, 2.75) is 72.1 Å². The van der Waals surface area contributed by atoms with Crippen LogP contribution in [-0.2, 0) is 23.4 Å². The maximum atomic E-state index is 13.7. The van der Waals surface area contributed by atoms with Gasteiger partial charge in [0.25, 0.3) is 5.56 Å². The van der Waals surface area contributed by atoms with Crippen LogP contribution in [0, 0.1) is 20.8 Å². The standard InChI is InChI=1S/C28H33N3O3/c1-8-28(34)20-12-21-26-19(13-31(21)27(33)18(20)9-10-22(28)32)24(17(5)30(6)7)23-16(4)14(2)11-15(3)25(23)29-26/h11-12,17,34H,8-10,13H2,1-7H3/t17?,28-/m0/s1. The summed E-state index contributed by atoms with van der Waals surface area (Å²) in [7, 11) is 4.14. The van der Waals surface area contributed by atoms with Gasteiger partial charge in [-0.3, -0.25) is 9.59 Å². The van der Waals surface area contributed by atoms with Crippen LogP contribution in [0.1, 0.15) is 71.7 Å². The summed E-state index contributed by atoms with van der Waals surface area (Å²) >= 11 is 0. The number of aryl methyl sites for hydroxylation is 3. The van der Waals surface area contributed by atoms with Crippen molar-refractivity contribution in [1.29, 1.82) is 0 Å². The number of carbonyl (C=O) groups excluding carboxylic acids is 1. The van der Waals surface area contributed by atoms with E-state index >= 15 is 0 Å². The van der Waals surface area contributed by atoms with E-state index in [2.05, 4.69) is 52.8 Å². The van der Waals surface area contributed by atoms with Crippen LogP contribution in [-0.4, -0.2) is 39.4 Å². The number of benzene rings is 1. The Kier molecular flexibility index (Phi) is 5.12. The minimum atomic E-state index is -1.61. The monoisotopic (exact) mass is 459 g/mol. The Morgan fingerprint density at radius 1 is 1.12 bits per heavy atom. The van der Waals surface area contributed by atoms with Crippen molar-refractivity contribution in [1.82, 2.24) is 14.5 Å². The number of pyridine rings is 2. The molecule has 2 aromatic heterocycles. The van der Waals surface area contributed by atoms with E-state index in [1.165, 1.54) is 22.1 Å². The maximum Gasteiger partial charge on any atom is 0.254 e. The number of hydrogen-bond donors (Lipinski definition) is 1. The molecule has 178 valence electrons. The minimum Gasteiger partial charge on any atom is -0.377 e. The van der Waals surface area contributed by atoms with Crippen LogP contribution in [0.25, 0.3) is 22.3 Å². The van der Waals surface area contributed by atoms with Crippen molar-refractivity contribution >= 4 is 16.7 Å². The van der Waals surface area contributed by atoms with Gasteiger partial charge in [-0.15, -0.1) is 0 Å². The van der Waals surface area contributed by atoms with Gasteiger partial charge in [0.2, 0.25) is 0 Å². The number of hydrogen-bond acceptors (Lipinski definition) is 5. The molecule has 5 rings (SSSR count). The molecule has 1 N–H and O–H groups in total. The van der Waals surface area contributed by atoms with Gasteiger partial charge in [-0.05, 0) is 83.0 Å². The van der Waals surface area contributed by atoms with Crippen LogP contribution in [0.15, 0.2) is 16.9 Å². The number of carbonyl (C=O) groups is 1. The second kappa shape index (κ2) is 7.59. The largest absolute Gasteiger partial charge is 0.377 e. The van der Waals surface area contributed by atoms with Crippen LogP contribution < -0.4 is 5.56 Å². The van der Waals surface area contributed by atoms with Crippen molar-refractivity contribution in [2.24, 2.45) is 0 Å². The van der Waals surface area contributed by atoms with E-state index < -0.39 is 5.60 Å². The summed E-state index contributed by atoms with van der Waals surface area (Å²) in [6, 6.07) is 4.15. The van der Waals surface area contributed by atoms with Gasteiger partial charge >= 0.3 is 0 Å². The van der Waals surface area contributed by atoms with Gasteiger partial charge in [-0.25, -0.2) is 4.98 Å². The first kappa shape index (κ1) is 22.9. The van der Waals surface area contributed by atoms with Gasteiger partial charge in [-0.1, -0.05) is 13.0 Å². The third kappa shape index (κ3) is 2.91. The number of aliphatic hydroxyl groups is 1. The fourth-order valence-corrected chi connectivity index (χ4v) is 5.89. The average Bonchev–Trinajstić information content (AvgIpc) is 3.17. The zero-order valence-electron chi connectivity index (χ0n) is 21.2. The molecule has 2 aliphatic rings. The smallest absolute Gasteiger partial charge is 0.254 e. The zero-order valence-corrected chi connectivity index (χ0v) is 21.2. The Balaban J connectivity index is 1.90. The Morgan fingerprint density at radius 2 is 1.82 bits per heavy atom. The van der Waals surface area contributed by atoms with Crippen molar-refractivity contribution in [3.05, 3.63) is 61.4 Å². The highest BCUT2D eigenvalue weighted by Gasteiger charge is 2.43. The molecule has 0 fully saturated rings. The molecule has 3 heterocycles. The molecule has 0 radical (unpaired) electrons. The summed E-state index contributed by atoms with van der Waals surface area (Å²) < 4.78 is 1.80. The first-order valence-corrected chi connectivity index (χ1v) is 12.1. The summed E-state index contributed by atoms with van der Waals surface area (Å²) in [5.41, 5.74) is 7.58. The molecule has 6 heteroatoms. The molecule has 1 unspecified atom stereocenters. The third-order valence-electron chi connectivity index (χ3n) is 8.29. The number of nitrogens with zero attached hydrogens (tertiary/aromatic N) is 3. The van der Waals surface area contributed by atoms with Gasteiger partial charge in [0, 0.05) is 34.5 Å². The SMILES string of the molecule is CC[C@@]1(O)C(=O)CCc2c1cc1n(c2=O)Cc2c-1nc1c(C)cc(C)c(C)c1c2C(C)N(C)C. The summed E-state index contributed by atoms with van der Waals surface area (Å²) in [5.74, 6) is -0.208. The van der Waals surface area contributed by atoms with Gasteiger partial charge in [0.1, 0.15) is 5.60 Å². The highest BCUT2D eigenvalue weighted by atomic mass is 16.3. The third-order valence-corrected chi connectivity index (χ3v) is 8.29. The van der Waals surface area contributed by atoms with Crippen molar-refractivity contribution in [2.75, 3.05) is 14.1 Å². The lowest BCUT2D eigenvalue weighted by Crippen LogP contribution is -2.43. The Labute approximate surface area is 200 Å². The van der Waals surface area contributed by atoms with E-state index in [4.69, 9.17) is 4.98 Å². The second-order valence-corrected chi connectivity index (χ2v) is 10.3. The van der Waals surface area contributed by atoms with E-state index in [0.29, 0.717) is 29.8 Å². The second-order valence-electron chi connectivity index (χ2n) is 10.3. The molecule has 0 bridgehead atoms. The molecule has 3 aromatic rings. The van der Waals surface area contributed by atoms with E-state index in [0.717, 1.165) is 22.3 Å². The van der Waals surface area contributed by atoms with Crippen LogP contribution in [0.3, 0.4) is 0 Å². The number of ketones is 1. The van der Waals surface area contributed by atoms with E-state index in [1.54, 1.807) is 11.5 Å². The normalized spacial score (nSPS) is 20.0. The molecule has 0 saturated carbocycles. The lowest BCUT2D eigenvalue weighted by Gasteiger charge is -2.32. The zero-order chi connectivity index (χ0) is 24.7. The molecule has 0 saturated heterocycles. The highest BCUT2D eigenvalue weighted by Crippen LogP contribution is 2.44. The highest BCUT2D eigenvalue weighted by molar-refractivity contribution is 5.94. The molecule has 0 amide bonds. The first-order chi connectivity index (χ1) is 16.0. The Bertz CT molecular complexity index is 1450. The Morgan fingerprint density at radius 3 is 2.47 bits per heavy atom. The number of rotatable bonds is 3. The number of Topliss-reactive ketones (excluding diaryl/α,β-unsaturated/α-hetero) is 1. The van der Waals surface area contributed by atoms with Crippen LogP contribution >= 0.6 is 0 Å². The van der Waals surface area contributed by atoms with Gasteiger partial charge in [0.05, 0.1) is 23.4 Å². The van der Waals surface area contributed by atoms with Crippen molar-refractivity contribution in [3.8, 4) is 11.4 Å². The molecule has 2 atom stereocenters. The van der Waals surface area contributed by atoms with Crippen molar-refractivity contribution in [3.63, 3.8) is 0 Å². The quantitative estimate of drug-likeness (QED) is 0.500. The molecule has 6 nitrogen and oxygen atoms in total. The van der Waals surface area contributed by atoms with Crippen molar-refractivity contribution < 1.29 is 9.90 Å².